The van der Waals surface area contributed by atoms with Crippen LogP contribution in [0.1, 0.15) is 18.5 Å². The van der Waals surface area contributed by atoms with Crippen molar-refractivity contribution in [2.75, 3.05) is 41.3 Å². The van der Waals surface area contributed by atoms with Crippen LogP contribution < -0.4 is 15.1 Å². The minimum Gasteiger partial charge on any atom is -0.368 e. The van der Waals surface area contributed by atoms with Crippen LogP contribution in [-0.4, -0.2) is 36.1 Å². The predicted molar refractivity (Wildman–Crippen MR) is 116 cm³/mol. The molecule has 3 aromatic rings. The van der Waals surface area contributed by atoms with Crippen molar-refractivity contribution >= 4 is 29.1 Å². The van der Waals surface area contributed by atoms with E-state index in [0.29, 0.717) is 5.95 Å². The summed E-state index contributed by atoms with van der Waals surface area (Å²) >= 11 is 6.13. The Morgan fingerprint density at radius 3 is 2.43 bits per heavy atom. The van der Waals surface area contributed by atoms with Crippen molar-refractivity contribution < 1.29 is 0 Å². The largest absolute Gasteiger partial charge is 0.368 e. The first-order valence-corrected chi connectivity index (χ1v) is 9.97. The zero-order valence-corrected chi connectivity index (χ0v) is 16.7. The average molecular weight is 394 g/mol. The molecule has 0 bridgehead atoms. The van der Waals surface area contributed by atoms with Gasteiger partial charge in [0.1, 0.15) is 5.82 Å². The molecule has 0 amide bonds. The molecule has 6 heteroatoms. The maximum absolute atomic E-state index is 6.13. The van der Waals surface area contributed by atoms with Crippen LogP contribution in [0.4, 0.5) is 17.5 Å². The van der Waals surface area contributed by atoms with Crippen molar-refractivity contribution in [1.82, 2.24) is 9.97 Å². The summed E-state index contributed by atoms with van der Waals surface area (Å²) in [6, 6.07) is 20.5. The van der Waals surface area contributed by atoms with Crippen molar-refractivity contribution in [1.29, 1.82) is 0 Å². The first-order valence-electron chi connectivity index (χ1n) is 9.59. The van der Waals surface area contributed by atoms with Crippen molar-refractivity contribution in [2.24, 2.45) is 0 Å². The molecule has 4 rings (SSSR count). The van der Waals surface area contributed by atoms with Gasteiger partial charge in [-0.15, -0.1) is 0 Å². The Labute approximate surface area is 171 Å². The molecule has 1 fully saturated rings. The Kier molecular flexibility index (Phi) is 5.63. The fraction of sp³-hybridized carbons (Fsp3) is 0.273. The number of rotatable bonds is 5. The molecule has 1 aliphatic rings. The van der Waals surface area contributed by atoms with E-state index in [2.05, 4.69) is 45.2 Å². The number of nitrogens with zero attached hydrogens (tertiary/aromatic N) is 4. The highest BCUT2D eigenvalue weighted by Crippen LogP contribution is 2.23. The Balaban J connectivity index is 1.40. The lowest BCUT2D eigenvalue weighted by molar-refractivity contribution is 0.646. The lowest BCUT2D eigenvalue weighted by atomic mass is 10.1. The topological polar surface area (TPSA) is 44.3 Å². The van der Waals surface area contributed by atoms with Gasteiger partial charge in [0.05, 0.1) is 6.04 Å². The van der Waals surface area contributed by atoms with Crippen LogP contribution in [0.2, 0.25) is 5.02 Å². The van der Waals surface area contributed by atoms with Gasteiger partial charge >= 0.3 is 0 Å². The molecule has 1 N–H and O–H groups in total. The number of nitrogens with one attached hydrogen (secondary N) is 1. The summed E-state index contributed by atoms with van der Waals surface area (Å²) in [6.45, 7) is 5.82. The molecule has 1 saturated heterocycles. The molecule has 1 aromatic heterocycles. The van der Waals surface area contributed by atoms with Gasteiger partial charge in [0.15, 0.2) is 0 Å². The van der Waals surface area contributed by atoms with Gasteiger partial charge in [0, 0.05) is 43.1 Å². The molecule has 1 unspecified atom stereocenters. The van der Waals surface area contributed by atoms with Crippen molar-refractivity contribution in [3.8, 4) is 0 Å². The smallest absolute Gasteiger partial charge is 0.225 e. The van der Waals surface area contributed by atoms with E-state index < -0.39 is 0 Å². The molecule has 1 aliphatic heterocycles. The highest BCUT2D eigenvalue weighted by molar-refractivity contribution is 6.30. The van der Waals surface area contributed by atoms with E-state index in [1.165, 1.54) is 11.3 Å². The number of hydrogen-bond acceptors (Lipinski definition) is 5. The Morgan fingerprint density at radius 2 is 1.68 bits per heavy atom. The molecule has 0 spiro atoms. The second-order valence-electron chi connectivity index (χ2n) is 6.97. The van der Waals surface area contributed by atoms with Gasteiger partial charge in [-0.05, 0) is 36.8 Å². The summed E-state index contributed by atoms with van der Waals surface area (Å²) in [5, 5.41) is 4.18. The van der Waals surface area contributed by atoms with Crippen LogP contribution in [0.3, 0.4) is 0 Å². The number of piperazine rings is 1. The molecule has 2 heterocycles. The maximum Gasteiger partial charge on any atom is 0.225 e. The fourth-order valence-electron chi connectivity index (χ4n) is 3.48. The zero-order chi connectivity index (χ0) is 19.3. The lowest BCUT2D eigenvalue weighted by Crippen LogP contribution is -2.46. The predicted octanol–water partition coefficient (Wildman–Crippen LogP) is 4.63. The van der Waals surface area contributed by atoms with Gasteiger partial charge in [0.25, 0.3) is 0 Å². The first kappa shape index (κ1) is 18.6. The normalized spacial score (nSPS) is 15.4. The highest BCUT2D eigenvalue weighted by Gasteiger charge is 2.19. The SMILES string of the molecule is CC(Nc1nccc(N2CCN(c3cccc(Cl)c3)CC2)n1)c1ccccc1. The first-order chi connectivity index (χ1) is 13.7. The number of halogens is 1. The Morgan fingerprint density at radius 1 is 0.929 bits per heavy atom. The van der Waals surface area contributed by atoms with E-state index in [1.807, 2.05) is 48.7 Å². The third-order valence-electron chi connectivity index (χ3n) is 5.06. The van der Waals surface area contributed by atoms with Crippen molar-refractivity contribution in [3.63, 3.8) is 0 Å². The van der Waals surface area contributed by atoms with Crippen molar-refractivity contribution in [2.45, 2.75) is 13.0 Å². The van der Waals surface area contributed by atoms with Gasteiger partial charge in [-0.3, -0.25) is 0 Å². The van der Waals surface area contributed by atoms with Crippen molar-refractivity contribution in [3.05, 3.63) is 77.4 Å². The molecule has 1 atom stereocenters. The molecule has 0 radical (unpaired) electrons. The zero-order valence-electron chi connectivity index (χ0n) is 15.9. The van der Waals surface area contributed by atoms with E-state index in [4.69, 9.17) is 16.6 Å². The molecule has 0 saturated carbocycles. The van der Waals surface area contributed by atoms with Crippen LogP contribution in [0, 0.1) is 0 Å². The molecule has 28 heavy (non-hydrogen) atoms. The van der Waals surface area contributed by atoms with Crippen LogP contribution in [-0.2, 0) is 0 Å². The van der Waals surface area contributed by atoms with Gasteiger partial charge in [0.2, 0.25) is 5.95 Å². The number of aromatic nitrogens is 2. The maximum atomic E-state index is 6.13. The van der Waals surface area contributed by atoms with Crippen LogP contribution >= 0.6 is 11.6 Å². The summed E-state index contributed by atoms with van der Waals surface area (Å²) in [5.74, 6) is 1.62. The third kappa shape index (κ3) is 4.37. The van der Waals surface area contributed by atoms with E-state index >= 15 is 0 Å². The Bertz CT molecular complexity index is 910. The lowest BCUT2D eigenvalue weighted by Gasteiger charge is -2.36. The summed E-state index contributed by atoms with van der Waals surface area (Å²) < 4.78 is 0. The van der Waals surface area contributed by atoms with Crippen LogP contribution in [0.5, 0.6) is 0 Å². The quantitative estimate of drug-likeness (QED) is 0.684. The number of benzene rings is 2. The minimum absolute atomic E-state index is 0.149. The molecule has 144 valence electrons. The Hall–Kier alpha value is -2.79. The molecule has 0 aliphatic carbocycles. The van der Waals surface area contributed by atoms with Crippen LogP contribution in [0.25, 0.3) is 0 Å². The van der Waals surface area contributed by atoms with E-state index in [1.54, 1.807) is 0 Å². The summed E-state index contributed by atoms with van der Waals surface area (Å²) in [7, 11) is 0. The monoisotopic (exact) mass is 393 g/mol. The van der Waals surface area contributed by atoms with E-state index in [0.717, 1.165) is 37.0 Å². The molecular weight excluding hydrogens is 370 g/mol. The molecule has 2 aromatic carbocycles. The minimum atomic E-state index is 0.149. The molecule has 5 nitrogen and oxygen atoms in total. The fourth-order valence-corrected chi connectivity index (χ4v) is 3.66. The second kappa shape index (κ2) is 8.48. The summed E-state index contributed by atoms with van der Waals surface area (Å²) in [5.41, 5.74) is 2.39. The number of anilines is 3. The van der Waals surface area contributed by atoms with E-state index in [9.17, 15) is 0 Å². The molecular formula is C22H24ClN5. The number of hydrogen-bond donors (Lipinski definition) is 1. The second-order valence-corrected chi connectivity index (χ2v) is 7.41. The van der Waals surface area contributed by atoms with Gasteiger partial charge < -0.3 is 15.1 Å². The third-order valence-corrected chi connectivity index (χ3v) is 5.30. The van der Waals surface area contributed by atoms with Crippen LogP contribution in [0.15, 0.2) is 66.9 Å². The van der Waals surface area contributed by atoms with Gasteiger partial charge in [-0.1, -0.05) is 48.0 Å². The van der Waals surface area contributed by atoms with Gasteiger partial charge in [-0.25, -0.2) is 4.98 Å². The summed E-state index contributed by atoms with van der Waals surface area (Å²) in [6.07, 6.45) is 1.83. The average Bonchev–Trinajstić information content (AvgIpc) is 2.75. The standard InChI is InChI=1S/C22H24ClN5/c1-17(18-6-3-2-4-7-18)25-22-24-11-10-21(26-22)28-14-12-27(13-15-28)20-9-5-8-19(23)16-20/h2-11,16-17H,12-15H2,1H3,(H,24,25,26). The van der Waals surface area contributed by atoms with Gasteiger partial charge in [-0.2, -0.15) is 4.98 Å². The van der Waals surface area contributed by atoms with E-state index in [-0.39, 0.29) is 6.04 Å². The highest BCUT2D eigenvalue weighted by atomic mass is 35.5. The summed E-state index contributed by atoms with van der Waals surface area (Å²) in [4.78, 5) is 13.8.